The van der Waals surface area contributed by atoms with Gasteiger partial charge < -0.3 is 19.5 Å². The van der Waals surface area contributed by atoms with Crippen LogP contribution in [0.4, 0.5) is 0 Å². The van der Waals surface area contributed by atoms with Gasteiger partial charge in [-0.1, -0.05) is 23.2 Å². The Bertz CT molecular complexity index is 947. The van der Waals surface area contributed by atoms with Crippen LogP contribution in [0.5, 0.6) is 11.5 Å². The third-order valence-electron chi connectivity index (χ3n) is 4.46. The number of carbonyl (C=O) groups is 2. The number of ether oxygens (including phenoxy) is 3. The predicted molar refractivity (Wildman–Crippen MR) is 122 cm³/mol. The summed E-state index contributed by atoms with van der Waals surface area (Å²) in [5, 5.41) is 7.47. The Labute approximate surface area is 195 Å². The van der Waals surface area contributed by atoms with Gasteiger partial charge in [0, 0.05) is 18.2 Å². The largest absolute Gasteiger partial charge is 0.484 e. The molecule has 3 rings (SSSR count). The van der Waals surface area contributed by atoms with Crippen molar-refractivity contribution in [2.45, 2.75) is 18.9 Å². The van der Waals surface area contributed by atoms with Gasteiger partial charge in [-0.15, -0.1) is 0 Å². The van der Waals surface area contributed by atoms with Gasteiger partial charge in [-0.2, -0.15) is 5.10 Å². The SMILES string of the molecule is O=C(COc1ccc(/C=N\NC(=O)COc2ccc(Cl)cc2Cl)cc1)NC[C@H]1CCCO1. The number of benzene rings is 2. The van der Waals surface area contributed by atoms with Crippen LogP contribution in [0.3, 0.4) is 0 Å². The highest BCUT2D eigenvalue weighted by Gasteiger charge is 2.16. The van der Waals surface area contributed by atoms with Crippen molar-refractivity contribution in [2.24, 2.45) is 5.10 Å². The molecular weight excluding hydrogens is 457 g/mol. The van der Waals surface area contributed by atoms with Gasteiger partial charge in [-0.3, -0.25) is 9.59 Å². The smallest absolute Gasteiger partial charge is 0.277 e. The first-order valence-corrected chi connectivity index (χ1v) is 10.8. The third kappa shape index (κ3) is 8.03. The van der Waals surface area contributed by atoms with Gasteiger partial charge in [0.1, 0.15) is 11.5 Å². The second kappa shape index (κ2) is 12.3. The number of rotatable bonds is 10. The standard InChI is InChI=1S/C22H23Cl2N3O5/c23-16-5-8-20(19(24)10-16)32-14-22(29)27-26-11-15-3-6-17(7-4-15)31-13-21(28)25-12-18-2-1-9-30-18/h3-8,10-11,18H,1-2,9,12-14H2,(H,25,28)(H,27,29)/b26-11-/t18-/m1/s1. The predicted octanol–water partition coefficient (Wildman–Crippen LogP) is 3.20. The molecule has 1 aliphatic rings. The summed E-state index contributed by atoms with van der Waals surface area (Å²) < 4.78 is 16.3. The van der Waals surface area contributed by atoms with E-state index in [-0.39, 0.29) is 25.2 Å². The molecule has 1 atom stereocenters. The molecule has 1 heterocycles. The minimum Gasteiger partial charge on any atom is -0.484 e. The van der Waals surface area contributed by atoms with E-state index < -0.39 is 5.91 Å². The molecular formula is C22H23Cl2N3O5. The van der Waals surface area contributed by atoms with Crippen LogP contribution in [0, 0.1) is 0 Å². The van der Waals surface area contributed by atoms with Crippen LogP contribution in [0.25, 0.3) is 0 Å². The van der Waals surface area contributed by atoms with Crippen molar-refractivity contribution in [3.63, 3.8) is 0 Å². The lowest BCUT2D eigenvalue weighted by Crippen LogP contribution is -2.35. The van der Waals surface area contributed by atoms with Gasteiger partial charge in [0.15, 0.2) is 13.2 Å². The normalized spacial score (nSPS) is 15.5. The van der Waals surface area contributed by atoms with Crippen LogP contribution >= 0.6 is 23.2 Å². The fourth-order valence-corrected chi connectivity index (χ4v) is 3.29. The van der Waals surface area contributed by atoms with E-state index in [0.717, 1.165) is 25.0 Å². The Morgan fingerprint density at radius 2 is 1.88 bits per heavy atom. The fourth-order valence-electron chi connectivity index (χ4n) is 2.83. The summed E-state index contributed by atoms with van der Waals surface area (Å²) in [5.41, 5.74) is 3.10. The molecule has 32 heavy (non-hydrogen) atoms. The maximum atomic E-state index is 11.8. The maximum Gasteiger partial charge on any atom is 0.277 e. The molecule has 0 saturated carbocycles. The van der Waals surface area contributed by atoms with E-state index in [9.17, 15) is 9.59 Å². The van der Waals surface area contributed by atoms with Crippen molar-refractivity contribution in [1.29, 1.82) is 0 Å². The minimum absolute atomic E-state index is 0.0755. The first kappa shape index (κ1) is 23.8. The summed E-state index contributed by atoms with van der Waals surface area (Å²) >= 11 is 11.8. The second-order valence-corrected chi connectivity index (χ2v) is 7.80. The van der Waals surface area contributed by atoms with Crippen molar-refractivity contribution in [3.8, 4) is 11.5 Å². The average molecular weight is 480 g/mol. The molecule has 10 heteroatoms. The minimum atomic E-state index is -0.443. The van der Waals surface area contributed by atoms with Gasteiger partial charge in [0.2, 0.25) is 0 Å². The summed E-state index contributed by atoms with van der Waals surface area (Å²) in [6, 6.07) is 11.6. The van der Waals surface area contributed by atoms with E-state index in [1.807, 2.05) is 0 Å². The molecule has 1 fully saturated rings. The van der Waals surface area contributed by atoms with E-state index in [1.165, 1.54) is 12.3 Å². The summed E-state index contributed by atoms with van der Waals surface area (Å²) in [6.45, 7) is 0.928. The summed E-state index contributed by atoms with van der Waals surface area (Å²) in [6.07, 6.45) is 3.57. The zero-order valence-corrected chi connectivity index (χ0v) is 18.7. The van der Waals surface area contributed by atoms with Gasteiger partial charge in [-0.05, 0) is 60.9 Å². The molecule has 1 aliphatic heterocycles. The maximum absolute atomic E-state index is 11.8. The highest BCUT2D eigenvalue weighted by atomic mass is 35.5. The van der Waals surface area contributed by atoms with E-state index in [1.54, 1.807) is 36.4 Å². The topological polar surface area (TPSA) is 98.2 Å². The van der Waals surface area contributed by atoms with Crippen molar-refractivity contribution >= 4 is 41.2 Å². The molecule has 2 aromatic carbocycles. The molecule has 0 aliphatic carbocycles. The van der Waals surface area contributed by atoms with Crippen molar-refractivity contribution < 1.29 is 23.8 Å². The highest BCUT2D eigenvalue weighted by molar-refractivity contribution is 6.35. The third-order valence-corrected chi connectivity index (χ3v) is 4.99. The van der Waals surface area contributed by atoms with Crippen LogP contribution in [-0.2, 0) is 14.3 Å². The van der Waals surface area contributed by atoms with E-state index in [0.29, 0.717) is 28.1 Å². The first-order valence-electron chi connectivity index (χ1n) is 10.0. The molecule has 1 saturated heterocycles. The Hall–Kier alpha value is -2.81. The van der Waals surface area contributed by atoms with Gasteiger partial charge >= 0.3 is 0 Å². The Morgan fingerprint density at radius 3 is 2.59 bits per heavy atom. The van der Waals surface area contributed by atoms with Gasteiger partial charge in [0.05, 0.1) is 17.3 Å². The van der Waals surface area contributed by atoms with Gasteiger partial charge in [0.25, 0.3) is 11.8 Å². The molecule has 170 valence electrons. The number of hydrogen-bond donors (Lipinski definition) is 2. The number of amides is 2. The number of carbonyl (C=O) groups excluding carboxylic acids is 2. The second-order valence-electron chi connectivity index (χ2n) is 6.95. The molecule has 0 bridgehead atoms. The van der Waals surface area contributed by atoms with Crippen molar-refractivity contribution in [1.82, 2.24) is 10.7 Å². The number of halogens is 2. The van der Waals surface area contributed by atoms with E-state index in [4.69, 9.17) is 37.4 Å². The molecule has 8 nitrogen and oxygen atoms in total. The molecule has 2 amide bonds. The van der Waals surface area contributed by atoms with Crippen LogP contribution in [0.15, 0.2) is 47.6 Å². The monoisotopic (exact) mass is 479 g/mol. The number of nitrogens with zero attached hydrogens (tertiary/aromatic N) is 1. The summed E-state index contributed by atoms with van der Waals surface area (Å²) in [4.78, 5) is 23.7. The van der Waals surface area contributed by atoms with Crippen LogP contribution < -0.4 is 20.2 Å². The van der Waals surface area contributed by atoms with Crippen LogP contribution in [0.1, 0.15) is 18.4 Å². The molecule has 0 unspecified atom stereocenters. The lowest BCUT2D eigenvalue weighted by molar-refractivity contribution is -0.124. The van der Waals surface area contributed by atoms with Crippen LogP contribution in [0.2, 0.25) is 10.0 Å². The van der Waals surface area contributed by atoms with Crippen molar-refractivity contribution in [3.05, 3.63) is 58.1 Å². The lowest BCUT2D eigenvalue weighted by Gasteiger charge is -2.11. The van der Waals surface area contributed by atoms with E-state index >= 15 is 0 Å². The molecule has 0 radical (unpaired) electrons. The van der Waals surface area contributed by atoms with E-state index in [2.05, 4.69) is 15.8 Å². The molecule has 0 spiro atoms. The van der Waals surface area contributed by atoms with Crippen LogP contribution in [-0.4, -0.2) is 50.5 Å². The molecule has 2 aromatic rings. The Kier molecular flexibility index (Phi) is 9.15. The Morgan fingerprint density at radius 1 is 1.09 bits per heavy atom. The summed E-state index contributed by atoms with van der Waals surface area (Å²) in [7, 11) is 0. The zero-order valence-electron chi connectivity index (χ0n) is 17.2. The van der Waals surface area contributed by atoms with Crippen molar-refractivity contribution in [2.75, 3.05) is 26.4 Å². The number of hydrazone groups is 1. The number of hydrogen-bond acceptors (Lipinski definition) is 6. The van der Waals surface area contributed by atoms with Gasteiger partial charge in [-0.25, -0.2) is 5.43 Å². The fraction of sp³-hybridized carbons (Fsp3) is 0.318. The zero-order chi connectivity index (χ0) is 22.8. The average Bonchev–Trinajstić information content (AvgIpc) is 3.30. The molecule has 0 aromatic heterocycles. The number of nitrogens with one attached hydrogen (secondary N) is 2. The molecule has 2 N–H and O–H groups in total. The summed E-state index contributed by atoms with van der Waals surface area (Å²) in [5.74, 6) is 0.259. The quantitative estimate of drug-likeness (QED) is 0.402. The first-order chi connectivity index (χ1) is 15.5. The Balaban J connectivity index is 1.35. The highest BCUT2D eigenvalue weighted by Crippen LogP contribution is 2.27. The lowest BCUT2D eigenvalue weighted by atomic mass is 10.2.